The maximum Gasteiger partial charge on any atom is 0.273 e. The van der Waals surface area contributed by atoms with Crippen LogP contribution in [0.3, 0.4) is 0 Å². The molecular weight excluding hydrogens is 268 g/mol. The highest BCUT2D eigenvalue weighted by Crippen LogP contribution is 2.12. The molecule has 1 N–H and O–H groups in total. The van der Waals surface area contributed by atoms with Gasteiger partial charge in [-0.15, -0.1) is 5.10 Å². The van der Waals surface area contributed by atoms with Gasteiger partial charge in [0.15, 0.2) is 5.69 Å². The van der Waals surface area contributed by atoms with Crippen LogP contribution in [0.4, 0.5) is 0 Å². The van der Waals surface area contributed by atoms with Crippen LogP contribution >= 0.6 is 0 Å². The first-order valence-electron chi connectivity index (χ1n) is 7.09. The SMILES string of the molecule is Cc1nn(-c2ccccc2)nc1C(=O)NC[C@@H]1CCOC1. The van der Waals surface area contributed by atoms with Crippen LogP contribution in [0.1, 0.15) is 22.6 Å². The minimum absolute atomic E-state index is 0.179. The number of hydrogen-bond acceptors (Lipinski definition) is 4. The van der Waals surface area contributed by atoms with Crippen LogP contribution in [0.15, 0.2) is 30.3 Å². The first kappa shape index (κ1) is 13.8. The van der Waals surface area contributed by atoms with Crippen LogP contribution in [-0.2, 0) is 4.74 Å². The quantitative estimate of drug-likeness (QED) is 0.921. The predicted molar refractivity (Wildman–Crippen MR) is 77.4 cm³/mol. The standard InChI is InChI=1S/C15H18N4O2/c1-11-14(15(20)16-9-12-7-8-21-10-12)18-19(17-11)13-5-3-2-4-6-13/h2-6,12H,7-10H2,1H3,(H,16,20)/t12-/m0/s1. The number of hydrogen-bond donors (Lipinski definition) is 1. The maximum atomic E-state index is 12.2. The molecule has 6 nitrogen and oxygen atoms in total. The van der Waals surface area contributed by atoms with Crippen molar-refractivity contribution < 1.29 is 9.53 Å². The molecule has 0 spiro atoms. The summed E-state index contributed by atoms with van der Waals surface area (Å²) in [5.41, 5.74) is 1.83. The number of aromatic nitrogens is 3. The number of benzene rings is 1. The van der Waals surface area contributed by atoms with Gasteiger partial charge in [-0.3, -0.25) is 4.79 Å². The Hall–Kier alpha value is -2.21. The Kier molecular flexibility index (Phi) is 3.96. The van der Waals surface area contributed by atoms with Crippen LogP contribution in [-0.4, -0.2) is 40.7 Å². The van der Waals surface area contributed by atoms with Gasteiger partial charge in [0.05, 0.1) is 18.0 Å². The van der Waals surface area contributed by atoms with Crippen molar-refractivity contribution in [3.05, 3.63) is 41.7 Å². The summed E-state index contributed by atoms with van der Waals surface area (Å²) in [5, 5.41) is 11.5. The van der Waals surface area contributed by atoms with E-state index in [1.165, 1.54) is 4.80 Å². The highest BCUT2D eigenvalue weighted by atomic mass is 16.5. The number of carbonyl (C=O) groups is 1. The number of nitrogens with zero attached hydrogens (tertiary/aromatic N) is 3. The minimum atomic E-state index is -0.179. The van der Waals surface area contributed by atoms with E-state index < -0.39 is 0 Å². The molecule has 1 atom stereocenters. The molecule has 1 fully saturated rings. The Balaban J connectivity index is 1.70. The Morgan fingerprint density at radius 2 is 2.19 bits per heavy atom. The number of aryl methyl sites for hydroxylation is 1. The van der Waals surface area contributed by atoms with Crippen molar-refractivity contribution in [1.29, 1.82) is 0 Å². The molecule has 1 aliphatic heterocycles. The lowest BCUT2D eigenvalue weighted by atomic mass is 10.1. The fourth-order valence-corrected chi connectivity index (χ4v) is 2.33. The zero-order valence-electron chi connectivity index (χ0n) is 12.0. The molecule has 0 unspecified atom stereocenters. The van der Waals surface area contributed by atoms with E-state index in [2.05, 4.69) is 15.5 Å². The molecule has 1 saturated heterocycles. The van der Waals surface area contributed by atoms with Gasteiger partial charge in [0, 0.05) is 19.1 Å². The van der Waals surface area contributed by atoms with Crippen molar-refractivity contribution in [2.75, 3.05) is 19.8 Å². The average molecular weight is 286 g/mol. The van der Waals surface area contributed by atoms with Gasteiger partial charge in [-0.25, -0.2) is 0 Å². The summed E-state index contributed by atoms with van der Waals surface area (Å²) in [4.78, 5) is 13.7. The lowest BCUT2D eigenvalue weighted by Crippen LogP contribution is -2.30. The summed E-state index contributed by atoms with van der Waals surface area (Å²) >= 11 is 0. The van der Waals surface area contributed by atoms with Gasteiger partial charge in [0.2, 0.25) is 0 Å². The van der Waals surface area contributed by atoms with Gasteiger partial charge in [0.25, 0.3) is 5.91 Å². The predicted octanol–water partition coefficient (Wildman–Crippen LogP) is 1.34. The number of carbonyl (C=O) groups excluding carboxylic acids is 1. The zero-order valence-corrected chi connectivity index (χ0v) is 12.0. The average Bonchev–Trinajstić information content (AvgIpc) is 3.15. The molecule has 110 valence electrons. The summed E-state index contributed by atoms with van der Waals surface area (Å²) in [6.45, 7) is 3.91. The zero-order chi connectivity index (χ0) is 14.7. The van der Waals surface area contributed by atoms with Crippen molar-refractivity contribution in [1.82, 2.24) is 20.3 Å². The van der Waals surface area contributed by atoms with Gasteiger partial charge in [-0.05, 0) is 25.5 Å². The fraction of sp³-hybridized carbons (Fsp3) is 0.400. The molecule has 1 amide bonds. The number of amides is 1. The van der Waals surface area contributed by atoms with Crippen LogP contribution in [0, 0.1) is 12.8 Å². The molecular formula is C15H18N4O2. The topological polar surface area (TPSA) is 69.0 Å². The van der Waals surface area contributed by atoms with Crippen LogP contribution in [0.25, 0.3) is 5.69 Å². The van der Waals surface area contributed by atoms with E-state index in [-0.39, 0.29) is 5.91 Å². The first-order valence-corrected chi connectivity index (χ1v) is 7.09. The molecule has 1 aliphatic rings. The smallest absolute Gasteiger partial charge is 0.273 e. The summed E-state index contributed by atoms with van der Waals surface area (Å²) in [5.74, 6) is 0.222. The largest absolute Gasteiger partial charge is 0.381 e. The molecule has 0 aliphatic carbocycles. The van der Waals surface area contributed by atoms with Gasteiger partial charge < -0.3 is 10.1 Å². The van der Waals surface area contributed by atoms with Crippen LogP contribution < -0.4 is 5.32 Å². The summed E-state index contributed by atoms with van der Waals surface area (Å²) in [7, 11) is 0. The van der Waals surface area contributed by atoms with Gasteiger partial charge in [0.1, 0.15) is 0 Å². The monoisotopic (exact) mass is 286 g/mol. The summed E-state index contributed by atoms with van der Waals surface area (Å²) in [6, 6.07) is 9.55. The van der Waals surface area contributed by atoms with Crippen molar-refractivity contribution in [3.63, 3.8) is 0 Å². The third-order valence-electron chi connectivity index (χ3n) is 3.56. The van der Waals surface area contributed by atoms with Gasteiger partial charge in [-0.1, -0.05) is 18.2 Å². The number of ether oxygens (including phenoxy) is 1. The summed E-state index contributed by atoms with van der Waals surface area (Å²) < 4.78 is 5.30. The molecule has 2 heterocycles. The maximum absolute atomic E-state index is 12.2. The lowest BCUT2D eigenvalue weighted by molar-refractivity contribution is 0.0939. The fourth-order valence-electron chi connectivity index (χ4n) is 2.33. The number of para-hydroxylation sites is 1. The van der Waals surface area contributed by atoms with E-state index >= 15 is 0 Å². The second kappa shape index (κ2) is 6.05. The van der Waals surface area contributed by atoms with E-state index in [1.54, 1.807) is 6.92 Å². The third kappa shape index (κ3) is 3.11. The molecule has 0 bridgehead atoms. The van der Waals surface area contributed by atoms with Gasteiger partial charge in [-0.2, -0.15) is 9.90 Å². The highest BCUT2D eigenvalue weighted by Gasteiger charge is 2.20. The van der Waals surface area contributed by atoms with E-state index in [0.29, 0.717) is 23.9 Å². The molecule has 0 radical (unpaired) electrons. The van der Waals surface area contributed by atoms with E-state index in [1.807, 2.05) is 30.3 Å². The highest BCUT2D eigenvalue weighted by molar-refractivity contribution is 5.93. The van der Waals surface area contributed by atoms with E-state index in [4.69, 9.17) is 4.74 Å². The van der Waals surface area contributed by atoms with Crippen LogP contribution in [0.2, 0.25) is 0 Å². The van der Waals surface area contributed by atoms with E-state index in [0.717, 1.165) is 25.3 Å². The molecule has 6 heteroatoms. The molecule has 2 aromatic rings. The molecule has 0 saturated carbocycles. The number of rotatable bonds is 4. The van der Waals surface area contributed by atoms with Crippen molar-refractivity contribution >= 4 is 5.91 Å². The lowest BCUT2D eigenvalue weighted by Gasteiger charge is -2.08. The third-order valence-corrected chi connectivity index (χ3v) is 3.56. The minimum Gasteiger partial charge on any atom is -0.381 e. The Bertz CT molecular complexity index is 618. The molecule has 3 rings (SSSR count). The Morgan fingerprint density at radius 1 is 1.38 bits per heavy atom. The summed E-state index contributed by atoms with van der Waals surface area (Å²) in [6.07, 6.45) is 0.996. The molecule has 1 aromatic heterocycles. The molecule has 1 aromatic carbocycles. The normalized spacial score (nSPS) is 17.9. The van der Waals surface area contributed by atoms with Crippen molar-refractivity contribution in [3.8, 4) is 5.69 Å². The van der Waals surface area contributed by atoms with E-state index in [9.17, 15) is 4.79 Å². The van der Waals surface area contributed by atoms with Crippen molar-refractivity contribution in [2.45, 2.75) is 13.3 Å². The molecule has 21 heavy (non-hydrogen) atoms. The van der Waals surface area contributed by atoms with Crippen LogP contribution in [0.5, 0.6) is 0 Å². The second-order valence-electron chi connectivity index (χ2n) is 5.20. The first-order chi connectivity index (χ1) is 10.2. The van der Waals surface area contributed by atoms with Crippen molar-refractivity contribution in [2.24, 2.45) is 5.92 Å². The second-order valence-corrected chi connectivity index (χ2v) is 5.20. The number of nitrogens with one attached hydrogen (secondary N) is 1. The Labute approximate surface area is 123 Å². The van der Waals surface area contributed by atoms with Gasteiger partial charge >= 0.3 is 0 Å². The Morgan fingerprint density at radius 3 is 2.90 bits per heavy atom.